The lowest BCUT2D eigenvalue weighted by molar-refractivity contribution is -0.145. The largest absolute Gasteiger partial charge is 0.508 e. The Labute approximate surface area is 232 Å². The van der Waals surface area contributed by atoms with Crippen molar-refractivity contribution < 1.29 is 24.3 Å². The topological polar surface area (TPSA) is 95.0 Å². The van der Waals surface area contributed by atoms with E-state index in [0.29, 0.717) is 22.7 Å². The van der Waals surface area contributed by atoms with E-state index in [-0.39, 0.29) is 35.8 Å². The summed E-state index contributed by atoms with van der Waals surface area (Å²) in [4.78, 5) is 58.3. The normalized spacial score (nSPS) is 32.2. The fraction of sp³-hybridized carbons (Fsp3) is 0.419. The first kappa shape index (κ1) is 25.8. The summed E-state index contributed by atoms with van der Waals surface area (Å²) in [6.45, 7) is 7.32. The zero-order valence-corrected chi connectivity index (χ0v) is 23.1. The third-order valence-electron chi connectivity index (χ3n) is 9.26. The van der Waals surface area contributed by atoms with Gasteiger partial charge in [0, 0.05) is 22.0 Å². The smallest absolute Gasteiger partial charge is 0.241 e. The van der Waals surface area contributed by atoms with Gasteiger partial charge in [0.1, 0.15) is 5.75 Å². The Bertz CT molecular complexity index is 1460. The quantitative estimate of drug-likeness (QED) is 0.419. The van der Waals surface area contributed by atoms with Crippen molar-refractivity contribution in [1.29, 1.82) is 0 Å². The molecule has 8 heteroatoms. The monoisotopic (exact) mass is 546 g/mol. The summed E-state index contributed by atoms with van der Waals surface area (Å²) in [5.74, 6) is -4.15. The molecule has 6 atom stereocenters. The highest BCUT2D eigenvalue weighted by Crippen LogP contribution is 2.64. The third kappa shape index (κ3) is 3.48. The maximum absolute atomic E-state index is 14.3. The Kier molecular flexibility index (Phi) is 5.64. The number of allylic oxidation sites excluding steroid dienone is 2. The SMILES string of the molecule is CC12C(=O)N(c3ccccc3)C(=O)C1CC1C(=CCC3C(=O)N(C(C)(C)C)C(=O)C31)C2c1cc(Cl)ccc1O. The van der Waals surface area contributed by atoms with Crippen molar-refractivity contribution in [2.75, 3.05) is 4.90 Å². The second-order valence-electron chi connectivity index (χ2n) is 12.4. The summed E-state index contributed by atoms with van der Waals surface area (Å²) in [5.41, 5.74) is -0.147. The van der Waals surface area contributed by atoms with Crippen LogP contribution < -0.4 is 4.90 Å². The number of amides is 4. The Balaban J connectivity index is 1.54. The molecule has 202 valence electrons. The summed E-state index contributed by atoms with van der Waals surface area (Å²) in [6, 6.07) is 13.5. The van der Waals surface area contributed by atoms with Crippen LogP contribution in [0.25, 0.3) is 0 Å². The maximum atomic E-state index is 14.3. The number of hydrogen-bond acceptors (Lipinski definition) is 5. The van der Waals surface area contributed by atoms with Gasteiger partial charge in [-0.05, 0) is 76.8 Å². The summed E-state index contributed by atoms with van der Waals surface area (Å²) in [5, 5.41) is 11.4. The van der Waals surface area contributed by atoms with Gasteiger partial charge in [-0.15, -0.1) is 0 Å². The molecule has 1 saturated carbocycles. The molecule has 1 N–H and O–H groups in total. The van der Waals surface area contributed by atoms with Gasteiger partial charge in [0.25, 0.3) is 0 Å². The van der Waals surface area contributed by atoms with Crippen molar-refractivity contribution in [3.05, 3.63) is 70.8 Å². The fourth-order valence-corrected chi connectivity index (χ4v) is 7.78. The van der Waals surface area contributed by atoms with Crippen LogP contribution in [0.4, 0.5) is 5.69 Å². The minimum absolute atomic E-state index is 0.0309. The van der Waals surface area contributed by atoms with Crippen molar-refractivity contribution in [2.24, 2.45) is 29.1 Å². The van der Waals surface area contributed by atoms with Crippen LogP contribution in [-0.2, 0) is 19.2 Å². The number of carbonyl (C=O) groups is 4. The van der Waals surface area contributed by atoms with E-state index < -0.39 is 40.5 Å². The van der Waals surface area contributed by atoms with Gasteiger partial charge >= 0.3 is 0 Å². The van der Waals surface area contributed by atoms with Crippen molar-refractivity contribution >= 4 is 40.9 Å². The number of hydrogen-bond donors (Lipinski definition) is 1. The van der Waals surface area contributed by atoms with Gasteiger partial charge < -0.3 is 5.11 Å². The number of halogens is 1. The average Bonchev–Trinajstić information content (AvgIpc) is 3.26. The van der Waals surface area contributed by atoms with E-state index >= 15 is 0 Å². The standard InChI is InChI=1S/C31H31ClN2O5/c1-30(2,3)34-26(36)19-12-11-18-20(24(19)28(34)38)15-22-27(37)33(17-8-6-5-7-9-17)29(39)31(22,4)25(18)21-14-16(32)10-13-23(21)35/h5-11,13-14,19-20,22,24-25,35H,12,15H2,1-4H3. The molecule has 0 radical (unpaired) electrons. The number of phenols is 1. The number of fused-ring (bicyclic) bond motifs is 4. The fourth-order valence-electron chi connectivity index (χ4n) is 7.60. The molecular weight excluding hydrogens is 516 g/mol. The van der Waals surface area contributed by atoms with Crippen molar-refractivity contribution in [3.8, 4) is 5.75 Å². The molecule has 2 aliphatic heterocycles. The third-order valence-corrected chi connectivity index (χ3v) is 9.50. The van der Waals surface area contributed by atoms with E-state index in [1.54, 1.807) is 43.3 Å². The van der Waals surface area contributed by atoms with Crippen LogP contribution in [0.15, 0.2) is 60.2 Å². The van der Waals surface area contributed by atoms with Gasteiger partial charge in [-0.3, -0.25) is 24.1 Å². The summed E-state index contributed by atoms with van der Waals surface area (Å²) in [6.07, 6.45) is 2.60. The lowest BCUT2D eigenvalue weighted by Crippen LogP contribution is -2.49. The van der Waals surface area contributed by atoms with Crippen LogP contribution in [0.5, 0.6) is 5.75 Å². The van der Waals surface area contributed by atoms with Crippen LogP contribution in [0, 0.1) is 29.1 Å². The second kappa shape index (κ2) is 8.52. The van der Waals surface area contributed by atoms with Crippen LogP contribution >= 0.6 is 11.6 Å². The van der Waals surface area contributed by atoms with Crippen molar-refractivity contribution in [1.82, 2.24) is 4.90 Å². The molecule has 6 rings (SSSR count). The second-order valence-corrected chi connectivity index (χ2v) is 12.8. The van der Waals surface area contributed by atoms with Gasteiger partial charge in [-0.1, -0.05) is 41.4 Å². The molecule has 2 aromatic carbocycles. The van der Waals surface area contributed by atoms with E-state index in [1.165, 1.54) is 15.9 Å². The van der Waals surface area contributed by atoms with Gasteiger partial charge in [-0.25, -0.2) is 4.90 Å². The summed E-state index contributed by atoms with van der Waals surface area (Å²) < 4.78 is 0. The molecule has 0 spiro atoms. The van der Waals surface area contributed by atoms with E-state index in [9.17, 15) is 24.3 Å². The molecule has 3 fully saturated rings. The predicted molar refractivity (Wildman–Crippen MR) is 146 cm³/mol. The lowest BCUT2D eigenvalue weighted by atomic mass is 9.51. The minimum Gasteiger partial charge on any atom is -0.508 e. The molecule has 6 unspecified atom stereocenters. The number of imide groups is 2. The van der Waals surface area contributed by atoms with Gasteiger partial charge in [-0.2, -0.15) is 0 Å². The van der Waals surface area contributed by atoms with Gasteiger partial charge in [0.2, 0.25) is 23.6 Å². The first-order valence-electron chi connectivity index (χ1n) is 13.4. The van der Waals surface area contributed by atoms with Crippen LogP contribution in [0.1, 0.15) is 52.0 Å². The van der Waals surface area contributed by atoms with Crippen LogP contribution in [0.3, 0.4) is 0 Å². The van der Waals surface area contributed by atoms with E-state index in [1.807, 2.05) is 32.9 Å². The average molecular weight is 547 g/mol. The van der Waals surface area contributed by atoms with Crippen LogP contribution in [-0.4, -0.2) is 39.2 Å². The molecule has 7 nitrogen and oxygen atoms in total. The highest BCUT2D eigenvalue weighted by atomic mass is 35.5. The Hall–Kier alpha value is -3.45. The number of para-hydroxylation sites is 1. The molecule has 39 heavy (non-hydrogen) atoms. The number of phenolic OH excluding ortho intramolecular Hbond substituents is 1. The lowest BCUT2D eigenvalue weighted by Gasteiger charge is -2.49. The molecule has 2 saturated heterocycles. The number of nitrogens with zero attached hydrogens (tertiary/aromatic N) is 2. The maximum Gasteiger partial charge on any atom is 0.241 e. The Morgan fingerprint density at radius 1 is 0.949 bits per heavy atom. The molecular formula is C31H31ClN2O5. The molecule has 4 amide bonds. The Morgan fingerprint density at radius 3 is 2.31 bits per heavy atom. The summed E-state index contributed by atoms with van der Waals surface area (Å²) >= 11 is 6.39. The molecule has 0 aromatic heterocycles. The van der Waals surface area contributed by atoms with Gasteiger partial charge in [0.05, 0.1) is 28.9 Å². The molecule has 4 aliphatic rings. The van der Waals surface area contributed by atoms with E-state index in [4.69, 9.17) is 11.6 Å². The molecule has 2 aliphatic carbocycles. The highest BCUT2D eigenvalue weighted by Gasteiger charge is 2.68. The number of rotatable bonds is 2. The number of likely N-dealkylation sites (tertiary alicyclic amines) is 1. The summed E-state index contributed by atoms with van der Waals surface area (Å²) in [7, 11) is 0. The zero-order valence-electron chi connectivity index (χ0n) is 22.3. The number of anilines is 1. The van der Waals surface area contributed by atoms with Crippen molar-refractivity contribution in [2.45, 2.75) is 52.0 Å². The number of carbonyl (C=O) groups excluding carboxylic acids is 4. The predicted octanol–water partition coefficient (Wildman–Crippen LogP) is 5.07. The Morgan fingerprint density at radius 2 is 1.64 bits per heavy atom. The number of aromatic hydroxyl groups is 1. The zero-order chi connectivity index (χ0) is 28.0. The van der Waals surface area contributed by atoms with E-state index in [2.05, 4.69) is 0 Å². The highest BCUT2D eigenvalue weighted by molar-refractivity contribution is 6.30. The first-order valence-corrected chi connectivity index (χ1v) is 13.7. The first-order chi connectivity index (χ1) is 18.4. The van der Waals surface area contributed by atoms with Crippen LogP contribution in [0.2, 0.25) is 5.02 Å². The van der Waals surface area contributed by atoms with Gasteiger partial charge in [0.15, 0.2) is 0 Å². The molecule has 2 aromatic rings. The van der Waals surface area contributed by atoms with E-state index in [0.717, 1.165) is 5.57 Å². The number of benzene rings is 2. The molecule has 0 bridgehead atoms. The molecule has 2 heterocycles. The van der Waals surface area contributed by atoms with Crippen molar-refractivity contribution in [3.63, 3.8) is 0 Å². The minimum atomic E-state index is -1.22.